The number of nitrogens with zero attached hydrogens (tertiary/aromatic N) is 1. The highest BCUT2D eigenvalue weighted by Crippen LogP contribution is 2.33. The number of aliphatic hydroxyl groups excluding tert-OH is 2. The van der Waals surface area contributed by atoms with Crippen LogP contribution in [0.15, 0.2) is 58.8 Å². The van der Waals surface area contributed by atoms with Crippen LogP contribution in [0.5, 0.6) is 0 Å². The van der Waals surface area contributed by atoms with Crippen LogP contribution in [0.3, 0.4) is 0 Å². The van der Waals surface area contributed by atoms with Crippen molar-refractivity contribution in [1.29, 1.82) is 0 Å². The number of likely N-dealkylation sites (N-methyl/N-ethyl adjacent to an activating group) is 1. The first kappa shape index (κ1) is 34.9. The van der Waals surface area contributed by atoms with E-state index in [1.165, 1.54) is 10.9 Å². The second-order valence-electron chi connectivity index (χ2n) is 10.6. The first-order valence-electron chi connectivity index (χ1n) is 14.0. The highest BCUT2D eigenvalue weighted by molar-refractivity contribution is 7.97. The molecule has 0 aliphatic rings. The summed E-state index contributed by atoms with van der Waals surface area (Å²) in [7, 11) is 2.97. The average Bonchev–Trinajstić information content (AvgIpc) is 3.46. The third-order valence-electron chi connectivity index (χ3n) is 6.78. The molecule has 0 saturated heterocycles. The fourth-order valence-electron chi connectivity index (χ4n) is 4.65. The van der Waals surface area contributed by atoms with E-state index in [-0.39, 0.29) is 24.2 Å². The second kappa shape index (κ2) is 17.6. The van der Waals surface area contributed by atoms with Crippen LogP contribution in [0.25, 0.3) is 11.1 Å². The SMILES string of the molecule is CCc1cc(-c2c(F)cccc2CCC(=O)O)ccc1SN(C)CC(O)CNC(C)(C)CCCc1cccs1.CO. The van der Waals surface area contributed by atoms with Crippen molar-refractivity contribution < 1.29 is 24.5 Å². The van der Waals surface area contributed by atoms with Gasteiger partial charge in [0.1, 0.15) is 5.82 Å². The monoisotopic (exact) mass is 604 g/mol. The zero-order valence-electron chi connectivity index (χ0n) is 24.8. The van der Waals surface area contributed by atoms with E-state index in [9.17, 15) is 14.3 Å². The molecule has 1 unspecified atom stereocenters. The van der Waals surface area contributed by atoms with Gasteiger partial charge in [0.15, 0.2) is 0 Å². The molecule has 0 aliphatic carbocycles. The molecule has 1 heterocycles. The van der Waals surface area contributed by atoms with Crippen LogP contribution in [0.1, 0.15) is 56.0 Å². The van der Waals surface area contributed by atoms with Crippen molar-refractivity contribution in [2.75, 3.05) is 27.2 Å². The van der Waals surface area contributed by atoms with Crippen LogP contribution in [0, 0.1) is 5.82 Å². The number of β-amino-alcohol motifs (C(OH)–C–C–N with tert-alkyl or cyclic N) is 1. The maximum absolute atomic E-state index is 14.8. The molecule has 4 N–H and O–H groups in total. The van der Waals surface area contributed by atoms with Gasteiger partial charge in [-0.25, -0.2) is 8.70 Å². The second-order valence-corrected chi connectivity index (χ2v) is 12.9. The quantitative estimate of drug-likeness (QED) is 0.140. The van der Waals surface area contributed by atoms with Crippen LogP contribution in [0.4, 0.5) is 4.39 Å². The van der Waals surface area contributed by atoms with E-state index in [2.05, 4.69) is 43.6 Å². The van der Waals surface area contributed by atoms with Gasteiger partial charge in [-0.05, 0) is 111 Å². The summed E-state index contributed by atoms with van der Waals surface area (Å²) in [5.41, 5.74) is 2.95. The minimum absolute atomic E-state index is 0.0423. The van der Waals surface area contributed by atoms with Gasteiger partial charge in [0.25, 0.3) is 0 Å². The van der Waals surface area contributed by atoms with E-state index >= 15 is 0 Å². The Morgan fingerprint density at radius 2 is 1.88 bits per heavy atom. The molecule has 9 heteroatoms. The number of carboxylic acid groups (broad SMARTS) is 1. The van der Waals surface area contributed by atoms with Crippen molar-refractivity contribution >= 4 is 29.3 Å². The number of carbonyl (C=O) groups is 1. The molecule has 6 nitrogen and oxygen atoms in total. The number of hydrogen-bond donors (Lipinski definition) is 4. The highest BCUT2D eigenvalue weighted by Gasteiger charge is 2.20. The number of aliphatic hydroxyl groups is 2. The van der Waals surface area contributed by atoms with Crippen molar-refractivity contribution in [2.24, 2.45) is 0 Å². The number of halogens is 1. The molecule has 0 amide bonds. The van der Waals surface area contributed by atoms with Crippen molar-refractivity contribution in [2.45, 2.75) is 75.8 Å². The third kappa shape index (κ3) is 11.9. The summed E-state index contributed by atoms with van der Waals surface area (Å²) >= 11 is 3.37. The van der Waals surface area contributed by atoms with Gasteiger partial charge in [-0.3, -0.25) is 4.79 Å². The van der Waals surface area contributed by atoms with Crippen LogP contribution in [0.2, 0.25) is 0 Å². The van der Waals surface area contributed by atoms with Crippen LogP contribution >= 0.6 is 23.3 Å². The minimum Gasteiger partial charge on any atom is -0.481 e. The molecule has 3 rings (SSSR count). The Hall–Kier alpha value is -2.27. The van der Waals surface area contributed by atoms with Gasteiger partial charge >= 0.3 is 5.97 Å². The Morgan fingerprint density at radius 1 is 1.12 bits per heavy atom. The molecule has 1 atom stereocenters. The molecule has 41 heavy (non-hydrogen) atoms. The Kier molecular flexibility index (Phi) is 15.0. The lowest BCUT2D eigenvalue weighted by Crippen LogP contribution is -2.45. The standard InChI is InChI=1S/C31H41FN2O3S2.CH4O/c1-5-22-19-24(30-23(14-16-29(36)37)9-6-12-27(30)32)13-15-28(22)39-34(4)21-25(35)20-33-31(2,3)17-7-10-26-11-8-18-38-26;1-2/h6,8-9,11-13,15,18-19,25,33,35H,5,7,10,14,16-17,20-21H2,1-4H3,(H,36,37);2H,1H3. The van der Waals surface area contributed by atoms with E-state index < -0.39 is 12.1 Å². The number of benzene rings is 2. The predicted octanol–water partition coefficient (Wildman–Crippen LogP) is 6.43. The summed E-state index contributed by atoms with van der Waals surface area (Å²) in [4.78, 5) is 13.5. The zero-order chi connectivity index (χ0) is 30.4. The molecule has 3 aromatic rings. The molecule has 0 radical (unpaired) electrons. The van der Waals surface area contributed by atoms with E-state index in [0.29, 0.717) is 24.2 Å². The highest BCUT2D eigenvalue weighted by atomic mass is 32.2. The summed E-state index contributed by atoms with van der Waals surface area (Å²) in [5, 5.41) is 32.4. The molecule has 0 aliphatic heterocycles. The normalized spacial score (nSPS) is 12.2. The molecule has 1 aromatic heterocycles. The molecule has 226 valence electrons. The number of nitrogens with one attached hydrogen (secondary N) is 1. The number of carboxylic acids is 1. The summed E-state index contributed by atoms with van der Waals surface area (Å²) < 4.78 is 16.9. The van der Waals surface area contributed by atoms with Crippen molar-refractivity contribution in [3.05, 3.63) is 75.7 Å². The Balaban J connectivity index is 0.00000287. The molecule has 0 saturated carbocycles. The lowest BCUT2D eigenvalue weighted by atomic mass is 9.94. The Bertz CT molecular complexity index is 1200. The number of aliphatic carboxylic acids is 1. The maximum Gasteiger partial charge on any atom is 0.303 e. The molecule has 0 bridgehead atoms. The van der Waals surface area contributed by atoms with E-state index in [0.717, 1.165) is 48.8 Å². The molecule has 2 aromatic carbocycles. The van der Waals surface area contributed by atoms with Crippen LogP contribution in [-0.4, -0.2) is 64.5 Å². The first-order chi connectivity index (χ1) is 19.6. The largest absolute Gasteiger partial charge is 0.481 e. The van der Waals surface area contributed by atoms with Gasteiger partial charge in [-0.1, -0.05) is 31.2 Å². The van der Waals surface area contributed by atoms with Gasteiger partial charge in [-0.2, -0.15) is 0 Å². The lowest BCUT2D eigenvalue weighted by Gasteiger charge is -2.29. The van der Waals surface area contributed by atoms with Gasteiger partial charge in [0.05, 0.1) is 6.10 Å². The molecule has 0 fully saturated rings. The molecule has 0 spiro atoms. The van der Waals surface area contributed by atoms with Gasteiger partial charge in [0.2, 0.25) is 0 Å². The Labute approximate surface area is 252 Å². The minimum atomic E-state index is -0.899. The predicted molar refractivity (Wildman–Crippen MR) is 169 cm³/mol. The number of hydrogen-bond acceptors (Lipinski definition) is 7. The topological polar surface area (TPSA) is 93.0 Å². The smallest absolute Gasteiger partial charge is 0.303 e. The molecular formula is C32H45FN2O4S2. The number of aryl methyl sites for hydroxylation is 3. The van der Waals surface area contributed by atoms with Crippen molar-refractivity contribution in [3.8, 4) is 11.1 Å². The van der Waals surface area contributed by atoms with E-state index in [1.54, 1.807) is 35.4 Å². The van der Waals surface area contributed by atoms with E-state index in [4.69, 9.17) is 10.2 Å². The van der Waals surface area contributed by atoms with Gasteiger partial charge in [-0.15, -0.1) is 11.3 Å². The molecular weight excluding hydrogens is 559 g/mol. The van der Waals surface area contributed by atoms with Gasteiger partial charge in [0, 0.05) is 47.5 Å². The maximum atomic E-state index is 14.8. The van der Waals surface area contributed by atoms with Crippen LogP contribution in [-0.2, 0) is 24.1 Å². The summed E-state index contributed by atoms with van der Waals surface area (Å²) in [5.74, 6) is -1.24. The van der Waals surface area contributed by atoms with Crippen LogP contribution < -0.4 is 5.32 Å². The average molecular weight is 605 g/mol. The van der Waals surface area contributed by atoms with Gasteiger partial charge < -0.3 is 20.6 Å². The first-order valence-corrected chi connectivity index (χ1v) is 15.6. The number of thiophene rings is 1. The summed E-state index contributed by atoms with van der Waals surface area (Å²) in [6, 6.07) is 15.0. The fourth-order valence-corrected chi connectivity index (χ4v) is 6.43. The van der Waals surface area contributed by atoms with Crippen molar-refractivity contribution in [3.63, 3.8) is 0 Å². The number of rotatable bonds is 16. The third-order valence-corrected chi connectivity index (χ3v) is 8.77. The summed E-state index contributed by atoms with van der Waals surface area (Å²) in [6.07, 6.45) is 3.72. The Morgan fingerprint density at radius 3 is 2.54 bits per heavy atom. The fraction of sp³-hybridized carbons (Fsp3) is 0.469. The van der Waals surface area contributed by atoms with E-state index in [1.807, 2.05) is 29.6 Å². The zero-order valence-corrected chi connectivity index (χ0v) is 26.5. The summed E-state index contributed by atoms with van der Waals surface area (Å²) in [6.45, 7) is 7.45. The van der Waals surface area contributed by atoms with Crippen molar-refractivity contribution in [1.82, 2.24) is 9.62 Å². The lowest BCUT2D eigenvalue weighted by molar-refractivity contribution is -0.136.